The number of allylic oxidation sites excluding steroid dienone is 6. The zero-order valence-corrected chi connectivity index (χ0v) is 48.5. The molecule has 11 heteroatoms. The number of unbranched alkanes of at least 4 members (excludes halogenated alkanes) is 37. The standard InChI is InChI=1S/C64H121NO10/c1-3-5-7-9-11-13-15-17-19-21-23-25-26-27-28-29-30-32-34-36-38-40-42-44-46-48-50-52-57(68)63(73)65-55(54-74-64-62(72)61(71)60(70)58(53-66)75-64)59(69)56(67)51-49-47-45-43-41-39-37-35-33-31-24-22-20-18-16-14-12-10-8-6-4-2/h27-28,35,37,43,45,55-62,64,66-72H,3-26,29-34,36,38-42,44,46-54H2,1-2H3,(H,65,73)/b28-27-,37-35+,45-43+. The van der Waals surface area contributed by atoms with E-state index in [2.05, 4.69) is 55.6 Å². The molecule has 1 aliphatic rings. The molecule has 1 rings (SSSR count). The summed E-state index contributed by atoms with van der Waals surface area (Å²) >= 11 is 0. The van der Waals surface area contributed by atoms with Gasteiger partial charge in [0.1, 0.15) is 36.6 Å². The van der Waals surface area contributed by atoms with Gasteiger partial charge in [-0.05, 0) is 77.0 Å². The Labute approximate surface area is 460 Å². The molecule has 0 radical (unpaired) electrons. The fraction of sp³-hybridized carbons (Fsp3) is 0.891. The van der Waals surface area contributed by atoms with Gasteiger partial charge in [-0.2, -0.15) is 0 Å². The van der Waals surface area contributed by atoms with Crippen LogP contribution >= 0.6 is 0 Å². The van der Waals surface area contributed by atoms with Crippen molar-refractivity contribution in [3.05, 3.63) is 36.5 Å². The maximum absolute atomic E-state index is 13.2. The van der Waals surface area contributed by atoms with Gasteiger partial charge in [-0.3, -0.25) is 4.79 Å². The molecule has 75 heavy (non-hydrogen) atoms. The number of hydrogen-bond acceptors (Lipinski definition) is 10. The van der Waals surface area contributed by atoms with Gasteiger partial charge in [0.25, 0.3) is 0 Å². The van der Waals surface area contributed by atoms with Gasteiger partial charge in [0, 0.05) is 0 Å². The maximum atomic E-state index is 13.2. The fourth-order valence-corrected chi connectivity index (χ4v) is 10.2. The highest BCUT2D eigenvalue weighted by Crippen LogP contribution is 2.23. The Kier molecular flexibility index (Phi) is 50.4. The van der Waals surface area contributed by atoms with Crippen LogP contribution in [0.3, 0.4) is 0 Å². The number of hydrogen-bond donors (Lipinski definition) is 8. The summed E-state index contributed by atoms with van der Waals surface area (Å²) in [4.78, 5) is 13.2. The van der Waals surface area contributed by atoms with Gasteiger partial charge < -0.3 is 50.5 Å². The van der Waals surface area contributed by atoms with Crippen molar-refractivity contribution in [2.24, 2.45) is 0 Å². The molecule has 11 nitrogen and oxygen atoms in total. The molecule has 0 saturated carbocycles. The van der Waals surface area contributed by atoms with Crippen molar-refractivity contribution in [1.29, 1.82) is 0 Å². The third kappa shape index (κ3) is 41.1. The van der Waals surface area contributed by atoms with Crippen LogP contribution in [0.1, 0.15) is 296 Å². The first-order chi connectivity index (χ1) is 36.7. The summed E-state index contributed by atoms with van der Waals surface area (Å²) in [5, 5.41) is 76.3. The first-order valence-electron chi connectivity index (χ1n) is 31.9. The van der Waals surface area contributed by atoms with Crippen molar-refractivity contribution in [2.45, 2.75) is 351 Å². The summed E-state index contributed by atoms with van der Waals surface area (Å²) in [5.74, 6) is -0.708. The van der Waals surface area contributed by atoms with Crippen LogP contribution in [0.25, 0.3) is 0 Å². The van der Waals surface area contributed by atoms with Gasteiger partial charge in [0.15, 0.2) is 6.29 Å². The predicted octanol–water partition coefficient (Wildman–Crippen LogP) is 14.2. The smallest absolute Gasteiger partial charge is 0.249 e. The highest BCUT2D eigenvalue weighted by molar-refractivity contribution is 5.80. The van der Waals surface area contributed by atoms with E-state index in [1.165, 1.54) is 212 Å². The van der Waals surface area contributed by atoms with E-state index in [0.717, 1.165) is 38.5 Å². The van der Waals surface area contributed by atoms with Crippen molar-refractivity contribution in [3.63, 3.8) is 0 Å². The van der Waals surface area contributed by atoms with Gasteiger partial charge in [-0.1, -0.05) is 256 Å². The molecule has 0 aromatic rings. The molecular weight excluding hydrogens is 943 g/mol. The Bertz CT molecular complexity index is 1310. The van der Waals surface area contributed by atoms with E-state index in [9.17, 15) is 40.5 Å². The van der Waals surface area contributed by atoms with Crippen LogP contribution in [-0.2, 0) is 14.3 Å². The van der Waals surface area contributed by atoms with Crippen LogP contribution in [-0.4, -0.2) is 110 Å². The molecule has 0 spiro atoms. The van der Waals surface area contributed by atoms with Gasteiger partial charge in [-0.15, -0.1) is 0 Å². The van der Waals surface area contributed by atoms with Crippen LogP contribution in [0.15, 0.2) is 36.5 Å². The van der Waals surface area contributed by atoms with E-state index in [4.69, 9.17) is 9.47 Å². The Morgan fingerprint density at radius 1 is 0.453 bits per heavy atom. The van der Waals surface area contributed by atoms with Gasteiger partial charge in [0.2, 0.25) is 5.91 Å². The molecule has 442 valence electrons. The summed E-state index contributed by atoms with van der Waals surface area (Å²) in [5.41, 5.74) is 0. The monoisotopic (exact) mass is 1060 g/mol. The molecule has 0 bridgehead atoms. The molecule has 1 heterocycles. The highest BCUT2D eigenvalue weighted by atomic mass is 16.7. The lowest BCUT2D eigenvalue weighted by atomic mass is 9.98. The average molecular weight is 1060 g/mol. The van der Waals surface area contributed by atoms with Crippen molar-refractivity contribution < 1.29 is 50.0 Å². The first kappa shape index (κ1) is 71.3. The minimum absolute atomic E-state index is 0.247. The third-order valence-corrected chi connectivity index (χ3v) is 15.4. The normalized spacial score (nSPS) is 19.9. The lowest BCUT2D eigenvalue weighted by Crippen LogP contribution is -2.60. The second-order valence-corrected chi connectivity index (χ2v) is 22.5. The largest absolute Gasteiger partial charge is 0.394 e. The molecular formula is C64H121NO10. The van der Waals surface area contributed by atoms with Crippen molar-refractivity contribution in [2.75, 3.05) is 13.2 Å². The number of aliphatic hydroxyl groups excluding tert-OH is 7. The topological polar surface area (TPSA) is 189 Å². The van der Waals surface area contributed by atoms with Gasteiger partial charge in [0.05, 0.1) is 25.4 Å². The van der Waals surface area contributed by atoms with Crippen molar-refractivity contribution in [1.82, 2.24) is 5.32 Å². The van der Waals surface area contributed by atoms with Crippen LogP contribution in [0.4, 0.5) is 0 Å². The van der Waals surface area contributed by atoms with E-state index >= 15 is 0 Å². The number of carbonyl (C=O) groups excluding carboxylic acids is 1. The predicted molar refractivity (Wildman–Crippen MR) is 312 cm³/mol. The van der Waals surface area contributed by atoms with E-state index in [0.29, 0.717) is 19.3 Å². The minimum atomic E-state index is -1.67. The van der Waals surface area contributed by atoms with E-state index in [1.54, 1.807) is 0 Å². The fourth-order valence-electron chi connectivity index (χ4n) is 10.2. The Morgan fingerprint density at radius 3 is 1.19 bits per heavy atom. The Morgan fingerprint density at radius 2 is 0.800 bits per heavy atom. The zero-order valence-electron chi connectivity index (χ0n) is 48.5. The maximum Gasteiger partial charge on any atom is 0.249 e. The second-order valence-electron chi connectivity index (χ2n) is 22.5. The lowest BCUT2D eigenvalue weighted by Gasteiger charge is -2.40. The molecule has 1 amide bonds. The van der Waals surface area contributed by atoms with Gasteiger partial charge in [-0.25, -0.2) is 0 Å². The molecule has 0 aromatic heterocycles. The van der Waals surface area contributed by atoms with E-state index in [-0.39, 0.29) is 12.8 Å². The summed E-state index contributed by atoms with van der Waals surface area (Å²) in [6.07, 6.45) is 55.0. The minimum Gasteiger partial charge on any atom is -0.394 e. The van der Waals surface area contributed by atoms with Crippen molar-refractivity contribution in [3.8, 4) is 0 Å². The van der Waals surface area contributed by atoms with E-state index in [1.807, 2.05) is 0 Å². The second kappa shape index (κ2) is 53.0. The molecule has 0 aliphatic carbocycles. The number of aliphatic hydroxyl groups is 7. The van der Waals surface area contributed by atoms with Crippen LogP contribution in [0.2, 0.25) is 0 Å². The van der Waals surface area contributed by atoms with Crippen LogP contribution in [0.5, 0.6) is 0 Å². The average Bonchev–Trinajstić information content (AvgIpc) is 3.41. The third-order valence-electron chi connectivity index (χ3n) is 15.4. The number of nitrogens with one attached hydrogen (secondary N) is 1. The summed E-state index contributed by atoms with van der Waals surface area (Å²) in [7, 11) is 0. The highest BCUT2D eigenvalue weighted by Gasteiger charge is 2.44. The number of rotatable bonds is 55. The SMILES string of the molecule is CCCCCCCCCCCCCC/C=C\CCCCCCCCCCCCCC(O)C(=O)NC(COC1OC(CO)C(O)C(O)C1O)C(O)C(O)CCC/C=C/CC/C=C/CCCCCCCCCCCCCC. The molecule has 1 fully saturated rings. The number of carbonyl (C=O) groups is 1. The summed E-state index contributed by atoms with van der Waals surface area (Å²) < 4.78 is 11.1. The van der Waals surface area contributed by atoms with Crippen molar-refractivity contribution >= 4 is 5.91 Å². The molecule has 9 atom stereocenters. The summed E-state index contributed by atoms with van der Waals surface area (Å²) in [6, 6.07) is -1.19. The molecule has 1 saturated heterocycles. The van der Waals surface area contributed by atoms with Crippen LogP contribution in [0, 0.1) is 0 Å². The molecule has 0 aromatic carbocycles. The quantitative estimate of drug-likeness (QED) is 0.0215. The molecule has 8 N–H and O–H groups in total. The molecule has 1 aliphatic heterocycles. The van der Waals surface area contributed by atoms with Crippen LogP contribution < -0.4 is 5.32 Å². The first-order valence-corrected chi connectivity index (χ1v) is 31.9. The molecule has 9 unspecified atom stereocenters. The lowest BCUT2D eigenvalue weighted by molar-refractivity contribution is -0.303. The van der Waals surface area contributed by atoms with E-state index < -0.39 is 74.2 Å². The van der Waals surface area contributed by atoms with Gasteiger partial charge >= 0.3 is 0 Å². The Hall–Kier alpha value is -1.67. The Balaban J connectivity index is 2.28. The number of amides is 1. The summed E-state index contributed by atoms with van der Waals surface area (Å²) in [6.45, 7) is 3.47. The zero-order chi connectivity index (χ0) is 54.7. The number of ether oxygens (including phenoxy) is 2.